The molecule has 0 saturated heterocycles. The third-order valence-electron chi connectivity index (χ3n) is 3.17. The second-order valence-electron chi connectivity index (χ2n) is 4.90. The number of rotatable bonds is 4. The zero-order valence-corrected chi connectivity index (χ0v) is 14.0. The van der Waals surface area contributed by atoms with E-state index in [4.69, 9.17) is 17.3 Å². The summed E-state index contributed by atoms with van der Waals surface area (Å²) in [5.41, 5.74) is 8.22. The first kappa shape index (κ1) is 15.9. The predicted molar refractivity (Wildman–Crippen MR) is 90.2 cm³/mol. The van der Waals surface area contributed by atoms with Crippen molar-refractivity contribution in [1.82, 2.24) is 4.90 Å². The zero-order chi connectivity index (χ0) is 15.4. The van der Waals surface area contributed by atoms with Crippen LogP contribution in [0.2, 0.25) is 5.02 Å². The van der Waals surface area contributed by atoms with Crippen LogP contribution in [0.25, 0.3) is 0 Å². The van der Waals surface area contributed by atoms with Crippen LogP contribution in [0.4, 0.5) is 5.69 Å². The summed E-state index contributed by atoms with van der Waals surface area (Å²) < 4.78 is 0.999. The van der Waals surface area contributed by atoms with E-state index >= 15 is 0 Å². The van der Waals surface area contributed by atoms with Crippen molar-refractivity contribution >= 4 is 39.1 Å². The molecule has 0 aliphatic carbocycles. The van der Waals surface area contributed by atoms with Crippen molar-refractivity contribution in [1.29, 1.82) is 0 Å². The zero-order valence-electron chi connectivity index (χ0n) is 11.6. The summed E-state index contributed by atoms with van der Waals surface area (Å²) in [4.78, 5) is 13.9. The Bertz CT molecular complexity index is 643. The number of carbonyl (C=O) groups excluding carboxylic acids is 1. The van der Waals surface area contributed by atoms with Crippen LogP contribution in [-0.4, -0.2) is 17.9 Å². The predicted octanol–water partition coefficient (Wildman–Crippen LogP) is 3.89. The quantitative estimate of drug-likeness (QED) is 0.833. The first-order valence-electron chi connectivity index (χ1n) is 6.48. The lowest BCUT2D eigenvalue weighted by Gasteiger charge is -2.18. The molecule has 110 valence electrons. The molecule has 0 spiro atoms. The number of hydrogen-bond acceptors (Lipinski definition) is 2. The summed E-state index contributed by atoms with van der Waals surface area (Å²) >= 11 is 9.50. The van der Waals surface area contributed by atoms with Gasteiger partial charge in [-0.2, -0.15) is 0 Å². The van der Waals surface area contributed by atoms with Gasteiger partial charge in [-0.25, -0.2) is 0 Å². The maximum atomic E-state index is 12.2. The molecule has 0 unspecified atom stereocenters. The van der Waals surface area contributed by atoms with E-state index in [-0.39, 0.29) is 5.91 Å². The van der Waals surface area contributed by atoms with Gasteiger partial charge in [-0.05, 0) is 41.5 Å². The van der Waals surface area contributed by atoms with Crippen LogP contribution >= 0.6 is 27.5 Å². The first-order chi connectivity index (χ1) is 9.95. The second-order valence-corrected chi connectivity index (χ2v) is 6.23. The van der Waals surface area contributed by atoms with Gasteiger partial charge in [0.15, 0.2) is 0 Å². The highest BCUT2D eigenvalue weighted by Gasteiger charge is 2.12. The SMILES string of the molecule is CN(Cc1cc(N)ccc1Cl)C(=O)Cc1ccc(Br)cc1. The number of likely N-dealkylation sites (N-methyl/N-ethyl adjacent to an activating group) is 1. The van der Waals surface area contributed by atoms with Gasteiger partial charge in [0.25, 0.3) is 0 Å². The molecule has 5 heteroatoms. The van der Waals surface area contributed by atoms with Gasteiger partial charge in [-0.1, -0.05) is 39.7 Å². The van der Waals surface area contributed by atoms with Gasteiger partial charge in [0.2, 0.25) is 5.91 Å². The smallest absolute Gasteiger partial charge is 0.227 e. The molecule has 2 aromatic carbocycles. The summed E-state index contributed by atoms with van der Waals surface area (Å²) in [7, 11) is 1.76. The minimum Gasteiger partial charge on any atom is -0.399 e. The number of nitrogen functional groups attached to an aromatic ring is 1. The molecule has 1 amide bonds. The number of anilines is 1. The van der Waals surface area contributed by atoms with E-state index in [1.54, 1.807) is 30.1 Å². The van der Waals surface area contributed by atoms with Gasteiger partial charge in [0, 0.05) is 28.8 Å². The molecule has 0 saturated carbocycles. The van der Waals surface area contributed by atoms with E-state index in [1.807, 2.05) is 24.3 Å². The highest BCUT2D eigenvalue weighted by molar-refractivity contribution is 9.10. The Labute approximate surface area is 137 Å². The van der Waals surface area contributed by atoms with E-state index in [0.717, 1.165) is 15.6 Å². The Morgan fingerprint density at radius 2 is 1.90 bits per heavy atom. The van der Waals surface area contributed by atoms with Gasteiger partial charge in [-0.3, -0.25) is 4.79 Å². The second kappa shape index (κ2) is 6.96. The number of carbonyl (C=O) groups is 1. The monoisotopic (exact) mass is 366 g/mol. The van der Waals surface area contributed by atoms with Gasteiger partial charge in [0.05, 0.1) is 6.42 Å². The van der Waals surface area contributed by atoms with Gasteiger partial charge >= 0.3 is 0 Å². The van der Waals surface area contributed by atoms with Crippen molar-refractivity contribution in [2.45, 2.75) is 13.0 Å². The Morgan fingerprint density at radius 1 is 1.24 bits per heavy atom. The van der Waals surface area contributed by atoms with Crippen LogP contribution in [0.5, 0.6) is 0 Å². The number of nitrogens with two attached hydrogens (primary N) is 1. The molecule has 0 heterocycles. The Kier molecular flexibility index (Phi) is 5.26. The van der Waals surface area contributed by atoms with Crippen molar-refractivity contribution in [3.63, 3.8) is 0 Å². The maximum Gasteiger partial charge on any atom is 0.227 e. The fraction of sp³-hybridized carbons (Fsp3) is 0.188. The third kappa shape index (κ3) is 4.48. The highest BCUT2D eigenvalue weighted by atomic mass is 79.9. The summed E-state index contributed by atoms with van der Waals surface area (Å²) in [5, 5.41) is 0.618. The minimum atomic E-state index is 0.0378. The molecule has 0 aliphatic heterocycles. The molecule has 2 aromatic rings. The Hall–Kier alpha value is -1.52. The molecule has 0 fully saturated rings. The molecule has 0 atom stereocenters. The van der Waals surface area contributed by atoms with Gasteiger partial charge in [-0.15, -0.1) is 0 Å². The number of halogens is 2. The van der Waals surface area contributed by atoms with E-state index in [2.05, 4.69) is 15.9 Å². The molecule has 0 aromatic heterocycles. The third-order valence-corrected chi connectivity index (χ3v) is 4.07. The molecule has 0 radical (unpaired) electrons. The van der Waals surface area contributed by atoms with Crippen LogP contribution in [0.3, 0.4) is 0 Å². The van der Waals surface area contributed by atoms with Gasteiger partial charge < -0.3 is 10.6 Å². The van der Waals surface area contributed by atoms with Crippen molar-refractivity contribution in [3.8, 4) is 0 Å². The first-order valence-corrected chi connectivity index (χ1v) is 7.65. The lowest BCUT2D eigenvalue weighted by atomic mass is 10.1. The molecule has 0 bridgehead atoms. The van der Waals surface area contributed by atoms with Crippen LogP contribution in [-0.2, 0) is 17.8 Å². The fourth-order valence-electron chi connectivity index (χ4n) is 1.97. The number of nitrogens with zero attached hydrogens (tertiary/aromatic N) is 1. The van der Waals surface area contributed by atoms with Crippen LogP contribution in [0, 0.1) is 0 Å². The molecule has 21 heavy (non-hydrogen) atoms. The lowest BCUT2D eigenvalue weighted by Crippen LogP contribution is -2.27. The normalized spacial score (nSPS) is 10.4. The lowest BCUT2D eigenvalue weighted by molar-refractivity contribution is -0.129. The maximum absolute atomic E-state index is 12.2. The molecule has 2 rings (SSSR count). The molecular formula is C16H16BrClN2O. The van der Waals surface area contributed by atoms with Crippen LogP contribution in [0.1, 0.15) is 11.1 Å². The summed E-state index contributed by atoms with van der Waals surface area (Å²) in [5.74, 6) is 0.0378. The number of benzene rings is 2. The number of hydrogen-bond donors (Lipinski definition) is 1. The highest BCUT2D eigenvalue weighted by Crippen LogP contribution is 2.20. The van der Waals surface area contributed by atoms with E-state index in [0.29, 0.717) is 23.7 Å². The molecular weight excluding hydrogens is 352 g/mol. The summed E-state index contributed by atoms with van der Waals surface area (Å²) in [6, 6.07) is 13.0. The van der Waals surface area contributed by atoms with E-state index in [9.17, 15) is 4.79 Å². The van der Waals surface area contributed by atoms with E-state index < -0.39 is 0 Å². The topological polar surface area (TPSA) is 46.3 Å². The summed E-state index contributed by atoms with van der Waals surface area (Å²) in [6.45, 7) is 0.444. The standard InChI is InChI=1S/C16H16BrClN2O/c1-20(10-12-9-14(19)6-7-15(12)18)16(21)8-11-2-4-13(17)5-3-11/h2-7,9H,8,10,19H2,1H3. The van der Waals surface area contributed by atoms with Gasteiger partial charge in [0.1, 0.15) is 0 Å². The minimum absolute atomic E-state index is 0.0378. The molecule has 3 nitrogen and oxygen atoms in total. The van der Waals surface area contributed by atoms with Crippen molar-refractivity contribution in [3.05, 3.63) is 63.1 Å². The Morgan fingerprint density at radius 3 is 2.57 bits per heavy atom. The van der Waals surface area contributed by atoms with Crippen LogP contribution < -0.4 is 5.73 Å². The van der Waals surface area contributed by atoms with Crippen molar-refractivity contribution < 1.29 is 4.79 Å². The largest absolute Gasteiger partial charge is 0.399 e. The molecule has 0 aliphatic rings. The summed E-state index contributed by atoms with van der Waals surface area (Å²) in [6.07, 6.45) is 0.365. The Balaban J connectivity index is 2.02. The van der Waals surface area contributed by atoms with Crippen LogP contribution in [0.15, 0.2) is 46.9 Å². The average Bonchev–Trinajstić information content (AvgIpc) is 2.45. The average molecular weight is 368 g/mol. The van der Waals surface area contributed by atoms with Crippen molar-refractivity contribution in [2.24, 2.45) is 0 Å². The van der Waals surface area contributed by atoms with E-state index in [1.165, 1.54) is 0 Å². The fourth-order valence-corrected chi connectivity index (χ4v) is 2.41. The number of amides is 1. The molecule has 2 N–H and O–H groups in total. The van der Waals surface area contributed by atoms with Crippen molar-refractivity contribution in [2.75, 3.05) is 12.8 Å².